The van der Waals surface area contributed by atoms with Crippen LogP contribution >= 0.6 is 24.0 Å². The van der Waals surface area contributed by atoms with Crippen molar-refractivity contribution in [2.24, 2.45) is 12.0 Å². The SMILES string of the molecule is Cc1nnc(CN=C(NCC(c2ccco2)N2CCCC2)NC(C)c2ccccc2)n1C.I. The van der Waals surface area contributed by atoms with Crippen molar-refractivity contribution in [3.8, 4) is 0 Å². The number of nitrogens with zero attached hydrogens (tertiary/aromatic N) is 5. The van der Waals surface area contributed by atoms with Gasteiger partial charge in [-0.05, 0) is 57.5 Å². The van der Waals surface area contributed by atoms with Crippen LogP contribution in [0.4, 0.5) is 0 Å². The minimum absolute atomic E-state index is 0. The maximum atomic E-state index is 5.78. The Kier molecular flexibility index (Phi) is 9.30. The Balaban J connectivity index is 0.00000306. The number of rotatable bonds is 8. The van der Waals surface area contributed by atoms with Crippen molar-refractivity contribution in [1.82, 2.24) is 30.3 Å². The zero-order valence-corrected chi connectivity index (χ0v) is 21.9. The van der Waals surface area contributed by atoms with Crippen molar-refractivity contribution in [3.05, 3.63) is 71.7 Å². The first-order valence-corrected chi connectivity index (χ1v) is 11.3. The lowest BCUT2D eigenvalue weighted by Crippen LogP contribution is -2.43. The van der Waals surface area contributed by atoms with E-state index in [9.17, 15) is 0 Å². The van der Waals surface area contributed by atoms with Crippen molar-refractivity contribution in [2.45, 2.75) is 45.3 Å². The summed E-state index contributed by atoms with van der Waals surface area (Å²) in [4.78, 5) is 7.32. The van der Waals surface area contributed by atoms with Crippen molar-refractivity contribution >= 4 is 29.9 Å². The molecular weight excluding hydrogens is 529 g/mol. The van der Waals surface area contributed by atoms with E-state index in [-0.39, 0.29) is 36.1 Å². The molecule has 0 saturated carbocycles. The van der Waals surface area contributed by atoms with Gasteiger partial charge in [-0.3, -0.25) is 4.90 Å². The summed E-state index contributed by atoms with van der Waals surface area (Å²) in [5.41, 5.74) is 1.21. The molecule has 3 heterocycles. The molecule has 2 atom stereocenters. The summed E-state index contributed by atoms with van der Waals surface area (Å²) < 4.78 is 7.74. The number of likely N-dealkylation sites (tertiary alicyclic amines) is 1. The first-order chi connectivity index (χ1) is 15.6. The van der Waals surface area contributed by atoms with E-state index in [1.54, 1.807) is 6.26 Å². The molecule has 1 aliphatic heterocycles. The van der Waals surface area contributed by atoms with E-state index in [0.717, 1.165) is 36.5 Å². The van der Waals surface area contributed by atoms with E-state index in [0.29, 0.717) is 13.1 Å². The third-order valence-electron chi connectivity index (χ3n) is 6.13. The average Bonchev–Trinajstić information content (AvgIpc) is 3.58. The zero-order valence-electron chi connectivity index (χ0n) is 19.6. The lowest BCUT2D eigenvalue weighted by molar-refractivity contribution is 0.215. The summed E-state index contributed by atoms with van der Waals surface area (Å²) in [5, 5.41) is 15.5. The number of halogens is 1. The van der Waals surface area contributed by atoms with Gasteiger partial charge in [0.2, 0.25) is 0 Å². The van der Waals surface area contributed by atoms with Crippen LogP contribution < -0.4 is 10.6 Å². The summed E-state index contributed by atoms with van der Waals surface area (Å²) in [6.07, 6.45) is 4.21. The molecule has 2 aromatic heterocycles. The van der Waals surface area contributed by atoms with Crippen molar-refractivity contribution in [1.29, 1.82) is 0 Å². The second kappa shape index (κ2) is 12.2. The van der Waals surface area contributed by atoms with Crippen molar-refractivity contribution in [3.63, 3.8) is 0 Å². The summed E-state index contributed by atoms with van der Waals surface area (Å²) in [5.74, 6) is 3.44. The Morgan fingerprint density at radius 1 is 1.12 bits per heavy atom. The third-order valence-corrected chi connectivity index (χ3v) is 6.13. The lowest BCUT2D eigenvalue weighted by atomic mass is 10.1. The third kappa shape index (κ3) is 6.57. The molecule has 0 spiro atoms. The minimum Gasteiger partial charge on any atom is -0.468 e. The highest BCUT2D eigenvalue weighted by Crippen LogP contribution is 2.25. The fraction of sp³-hybridized carbons (Fsp3) is 0.458. The maximum absolute atomic E-state index is 5.78. The van der Waals surface area contributed by atoms with Crippen molar-refractivity contribution in [2.75, 3.05) is 19.6 Å². The summed E-state index contributed by atoms with van der Waals surface area (Å²) >= 11 is 0. The number of nitrogens with one attached hydrogen (secondary N) is 2. The second-order valence-electron chi connectivity index (χ2n) is 8.32. The van der Waals surface area contributed by atoms with Crippen LogP contribution in [0.5, 0.6) is 0 Å². The Morgan fingerprint density at radius 2 is 1.88 bits per heavy atom. The fourth-order valence-electron chi connectivity index (χ4n) is 4.06. The fourth-order valence-corrected chi connectivity index (χ4v) is 4.06. The first kappa shape index (κ1) is 25.2. The summed E-state index contributed by atoms with van der Waals surface area (Å²) in [6, 6.07) is 14.7. The van der Waals surface area contributed by atoms with Gasteiger partial charge in [-0.2, -0.15) is 0 Å². The predicted molar refractivity (Wildman–Crippen MR) is 141 cm³/mol. The number of benzene rings is 1. The molecule has 1 fully saturated rings. The average molecular weight is 563 g/mol. The molecule has 0 radical (unpaired) electrons. The second-order valence-corrected chi connectivity index (χ2v) is 8.32. The number of guanidine groups is 1. The molecule has 0 amide bonds. The Hall–Kier alpha value is -2.40. The molecule has 1 aliphatic rings. The minimum atomic E-state index is 0. The number of aromatic nitrogens is 3. The zero-order chi connectivity index (χ0) is 22.3. The largest absolute Gasteiger partial charge is 0.468 e. The van der Waals surface area contributed by atoms with E-state index in [2.05, 4.69) is 63.0 Å². The van der Waals surface area contributed by atoms with Gasteiger partial charge in [0, 0.05) is 13.6 Å². The lowest BCUT2D eigenvalue weighted by Gasteiger charge is -2.27. The molecule has 1 aromatic carbocycles. The van der Waals surface area contributed by atoms with Crippen LogP contribution in [0, 0.1) is 6.92 Å². The van der Waals surface area contributed by atoms with E-state index in [1.807, 2.05) is 30.7 Å². The van der Waals surface area contributed by atoms with Gasteiger partial charge >= 0.3 is 0 Å². The topological polar surface area (TPSA) is 83.5 Å². The van der Waals surface area contributed by atoms with Crippen LogP contribution in [0.25, 0.3) is 0 Å². The van der Waals surface area contributed by atoms with Crippen LogP contribution in [0.1, 0.15) is 54.8 Å². The molecule has 4 rings (SSSR count). The van der Waals surface area contributed by atoms with E-state index in [4.69, 9.17) is 9.41 Å². The summed E-state index contributed by atoms with van der Waals surface area (Å²) in [6.45, 7) is 7.42. The number of aryl methyl sites for hydroxylation is 1. The van der Waals surface area contributed by atoms with Crippen molar-refractivity contribution < 1.29 is 4.42 Å². The Bertz CT molecular complexity index is 997. The molecule has 1 saturated heterocycles. The molecule has 0 aliphatic carbocycles. The van der Waals surface area contributed by atoms with Crippen LogP contribution in [0.2, 0.25) is 0 Å². The standard InChI is InChI=1S/C24H33N7O.HI/c1-18(20-10-5-4-6-11-20)27-24(26-17-23-29-28-19(2)30(23)3)25-16-21(22-12-9-15-32-22)31-13-7-8-14-31;/h4-6,9-12,15,18,21H,7-8,13-14,16-17H2,1-3H3,(H2,25,26,27);1H. The number of hydrogen-bond donors (Lipinski definition) is 2. The molecule has 2 unspecified atom stereocenters. The van der Waals surface area contributed by atoms with Crippen LogP contribution in [0.3, 0.4) is 0 Å². The van der Waals surface area contributed by atoms with E-state index < -0.39 is 0 Å². The predicted octanol–water partition coefficient (Wildman–Crippen LogP) is 3.97. The highest BCUT2D eigenvalue weighted by molar-refractivity contribution is 14.0. The van der Waals surface area contributed by atoms with Crippen LogP contribution in [-0.2, 0) is 13.6 Å². The maximum Gasteiger partial charge on any atom is 0.192 e. The number of aliphatic imine (C=N–C) groups is 1. The quantitative estimate of drug-likeness (QED) is 0.245. The van der Waals surface area contributed by atoms with Gasteiger partial charge < -0.3 is 19.6 Å². The highest BCUT2D eigenvalue weighted by atomic mass is 127. The van der Waals surface area contributed by atoms with E-state index >= 15 is 0 Å². The highest BCUT2D eigenvalue weighted by Gasteiger charge is 2.26. The van der Waals surface area contributed by atoms with Gasteiger partial charge in [0.1, 0.15) is 18.1 Å². The molecule has 178 valence electrons. The Morgan fingerprint density at radius 3 is 2.52 bits per heavy atom. The normalized spacial score (nSPS) is 16.3. The van der Waals surface area contributed by atoms with Crippen LogP contribution in [0.15, 0.2) is 58.1 Å². The monoisotopic (exact) mass is 563 g/mol. The van der Waals surface area contributed by atoms with Gasteiger partial charge in [-0.15, -0.1) is 34.2 Å². The van der Waals surface area contributed by atoms with Gasteiger partial charge in [-0.1, -0.05) is 30.3 Å². The summed E-state index contributed by atoms with van der Waals surface area (Å²) in [7, 11) is 1.97. The van der Waals surface area contributed by atoms with Gasteiger partial charge in [0.25, 0.3) is 0 Å². The molecule has 2 N–H and O–H groups in total. The first-order valence-electron chi connectivity index (χ1n) is 11.3. The number of hydrogen-bond acceptors (Lipinski definition) is 5. The molecule has 33 heavy (non-hydrogen) atoms. The van der Waals surface area contributed by atoms with E-state index in [1.165, 1.54) is 18.4 Å². The van der Waals surface area contributed by atoms with Gasteiger partial charge in [-0.25, -0.2) is 4.99 Å². The molecule has 8 nitrogen and oxygen atoms in total. The molecule has 0 bridgehead atoms. The molecular formula is C24H34IN7O. The van der Waals surface area contributed by atoms with Gasteiger partial charge in [0.15, 0.2) is 11.8 Å². The van der Waals surface area contributed by atoms with Crippen LogP contribution in [-0.4, -0.2) is 45.3 Å². The Labute approximate surface area is 212 Å². The number of furan rings is 1. The van der Waals surface area contributed by atoms with Gasteiger partial charge in [0.05, 0.1) is 18.3 Å². The smallest absolute Gasteiger partial charge is 0.192 e. The molecule has 9 heteroatoms. The molecule has 3 aromatic rings.